The highest BCUT2D eigenvalue weighted by Crippen LogP contribution is 2.39. The molecule has 7 nitrogen and oxygen atoms in total. The maximum absolute atomic E-state index is 13.2. The molecule has 2 aliphatic rings. The van der Waals surface area contributed by atoms with Crippen molar-refractivity contribution in [3.05, 3.63) is 64.8 Å². The molecule has 1 aliphatic carbocycles. The third-order valence-corrected chi connectivity index (χ3v) is 6.07. The van der Waals surface area contributed by atoms with E-state index < -0.39 is 5.97 Å². The number of fused-ring (bicyclic) bond motifs is 3. The van der Waals surface area contributed by atoms with E-state index in [-0.39, 0.29) is 19.3 Å². The van der Waals surface area contributed by atoms with Crippen LogP contribution < -0.4 is 14.8 Å². The summed E-state index contributed by atoms with van der Waals surface area (Å²) in [7, 11) is 0. The van der Waals surface area contributed by atoms with E-state index in [2.05, 4.69) is 18.3 Å². The highest BCUT2D eigenvalue weighted by Gasteiger charge is 2.28. The standard InChI is InChI=1S/C27H26N2O5/c1-2-3-12-28-24(30)15-32-27(31)25-19-6-4-5-7-21(19)29-26-18(9-10-20(25)26)13-17-8-11-22-23(14-17)34-16-33-22/h4-8,11,13-14H,2-3,9-10,12,15-16H2,1H3,(H,28,30). The third-order valence-electron chi connectivity index (χ3n) is 6.07. The number of benzene rings is 2. The van der Waals surface area contributed by atoms with Gasteiger partial charge in [-0.1, -0.05) is 37.6 Å². The van der Waals surface area contributed by atoms with E-state index in [0.29, 0.717) is 18.5 Å². The second-order valence-corrected chi connectivity index (χ2v) is 8.39. The molecule has 34 heavy (non-hydrogen) atoms. The molecule has 5 rings (SSSR count). The molecule has 1 aliphatic heterocycles. The first-order valence-corrected chi connectivity index (χ1v) is 11.6. The zero-order valence-electron chi connectivity index (χ0n) is 19.1. The van der Waals surface area contributed by atoms with E-state index in [1.165, 1.54) is 0 Å². The van der Waals surface area contributed by atoms with Gasteiger partial charge in [0.1, 0.15) is 0 Å². The molecular weight excluding hydrogens is 432 g/mol. The first-order valence-electron chi connectivity index (χ1n) is 11.6. The predicted octanol–water partition coefficient (Wildman–Crippen LogP) is 4.52. The van der Waals surface area contributed by atoms with E-state index in [9.17, 15) is 9.59 Å². The number of nitrogens with one attached hydrogen (secondary N) is 1. The minimum Gasteiger partial charge on any atom is -0.454 e. The van der Waals surface area contributed by atoms with Gasteiger partial charge in [-0.2, -0.15) is 0 Å². The number of nitrogens with zero attached hydrogens (tertiary/aromatic N) is 1. The Labute approximate surface area is 197 Å². The Balaban J connectivity index is 1.46. The lowest BCUT2D eigenvalue weighted by atomic mass is 10.0. The first kappa shape index (κ1) is 21.9. The molecule has 0 fully saturated rings. The van der Waals surface area contributed by atoms with Gasteiger partial charge in [0.2, 0.25) is 6.79 Å². The number of aromatic nitrogens is 1. The molecule has 1 N–H and O–H groups in total. The molecule has 0 spiro atoms. The average molecular weight is 459 g/mol. The van der Waals surface area contributed by atoms with Crippen molar-refractivity contribution in [2.45, 2.75) is 32.6 Å². The van der Waals surface area contributed by atoms with Crippen molar-refractivity contribution >= 4 is 34.4 Å². The minimum absolute atomic E-state index is 0.230. The maximum Gasteiger partial charge on any atom is 0.339 e. The van der Waals surface area contributed by atoms with Crippen LogP contribution >= 0.6 is 0 Å². The molecule has 1 amide bonds. The van der Waals surface area contributed by atoms with Gasteiger partial charge in [0.25, 0.3) is 5.91 Å². The Morgan fingerprint density at radius 2 is 1.97 bits per heavy atom. The van der Waals surface area contributed by atoms with Crippen LogP contribution in [0.3, 0.4) is 0 Å². The largest absolute Gasteiger partial charge is 0.454 e. The van der Waals surface area contributed by atoms with Crippen LogP contribution in [-0.4, -0.2) is 36.8 Å². The van der Waals surface area contributed by atoms with E-state index in [0.717, 1.165) is 64.1 Å². The number of esters is 1. The van der Waals surface area contributed by atoms with Crippen LogP contribution in [0.15, 0.2) is 42.5 Å². The van der Waals surface area contributed by atoms with E-state index >= 15 is 0 Å². The number of ether oxygens (including phenoxy) is 3. The second kappa shape index (κ2) is 9.55. The van der Waals surface area contributed by atoms with Crippen molar-refractivity contribution in [1.82, 2.24) is 10.3 Å². The Morgan fingerprint density at radius 3 is 2.85 bits per heavy atom. The molecule has 174 valence electrons. The lowest BCUT2D eigenvalue weighted by Crippen LogP contribution is -2.29. The van der Waals surface area contributed by atoms with Crippen LogP contribution in [-0.2, 0) is 16.0 Å². The van der Waals surface area contributed by atoms with Crippen LogP contribution in [0.4, 0.5) is 0 Å². The number of rotatable bonds is 7. The van der Waals surface area contributed by atoms with Crippen molar-refractivity contribution in [1.29, 1.82) is 0 Å². The van der Waals surface area contributed by atoms with Gasteiger partial charge in [-0.3, -0.25) is 4.79 Å². The van der Waals surface area contributed by atoms with E-state index in [1.54, 1.807) is 0 Å². The zero-order valence-corrected chi connectivity index (χ0v) is 19.1. The molecule has 3 aromatic rings. The summed E-state index contributed by atoms with van der Waals surface area (Å²) in [6.07, 6.45) is 5.38. The van der Waals surface area contributed by atoms with Crippen molar-refractivity contribution < 1.29 is 23.8 Å². The number of hydrogen-bond donors (Lipinski definition) is 1. The van der Waals surface area contributed by atoms with Crippen molar-refractivity contribution in [2.75, 3.05) is 19.9 Å². The SMILES string of the molecule is CCCCNC(=O)COC(=O)c1c2c(nc3ccccc13)C(=Cc1ccc3c(c1)OCO3)CC2. The number of carbonyl (C=O) groups is 2. The number of allylic oxidation sites excluding steroid dienone is 1. The van der Waals surface area contributed by atoms with Crippen LogP contribution in [0.25, 0.3) is 22.6 Å². The molecule has 0 atom stereocenters. The second-order valence-electron chi connectivity index (χ2n) is 8.39. The lowest BCUT2D eigenvalue weighted by molar-refractivity contribution is -0.124. The summed E-state index contributed by atoms with van der Waals surface area (Å²) in [5.74, 6) is 0.674. The summed E-state index contributed by atoms with van der Waals surface area (Å²) in [6.45, 7) is 2.56. The normalized spacial score (nSPS) is 14.9. The Hall–Kier alpha value is -3.87. The van der Waals surface area contributed by atoms with Gasteiger partial charge in [-0.25, -0.2) is 9.78 Å². The summed E-state index contributed by atoms with van der Waals surface area (Å²) in [5.41, 5.74) is 4.91. The number of unbranched alkanes of at least 4 members (excludes halogenated alkanes) is 1. The smallest absolute Gasteiger partial charge is 0.339 e. The topological polar surface area (TPSA) is 86.8 Å². The average Bonchev–Trinajstić information content (AvgIpc) is 3.48. The van der Waals surface area contributed by atoms with Crippen LogP contribution in [0.2, 0.25) is 0 Å². The van der Waals surface area contributed by atoms with Crippen molar-refractivity contribution in [3.8, 4) is 11.5 Å². The minimum atomic E-state index is -0.496. The highest BCUT2D eigenvalue weighted by molar-refractivity contribution is 6.07. The molecule has 2 aromatic carbocycles. The predicted molar refractivity (Wildman–Crippen MR) is 129 cm³/mol. The summed E-state index contributed by atoms with van der Waals surface area (Å²) < 4.78 is 16.3. The molecular formula is C27H26N2O5. The number of pyridine rings is 1. The van der Waals surface area contributed by atoms with Gasteiger partial charge in [-0.05, 0) is 60.2 Å². The fourth-order valence-electron chi connectivity index (χ4n) is 4.38. The van der Waals surface area contributed by atoms with E-state index in [4.69, 9.17) is 19.2 Å². The fraction of sp³-hybridized carbons (Fsp3) is 0.296. The fourth-order valence-corrected chi connectivity index (χ4v) is 4.38. The molecule has 7 heteroatoms. The van der Waals surface area contributed by atoms with E-state index in [1.807, 2.05) is 42.5 Å². The number of hydrogen-bond acceptors (Lipinski definition) is 6. The molecule has 0 saturated heterocycles. The van der Waals surface area contributed by atoms with Crippen LogP contribution in [0, 0.1) is 0 Å². The lowest BCUT2D eigenvalue weighted by Gasteiger charge is -2.12. The molecule has 0 bridgehead atoms. The summed E-state index contributed by atoms with van der Waals surface area (Å²) >= 11 is 0. The molecule has 2 heterocycles. The monoisotopic (exact) mass is 458 g/mol. The maximum atomic E-state index is 13.2. The first-order chi connectivity index (χ1) is 16.6. The van der Waals surface area contributed by atoms with Crippen LogP contribution in [0.1, 0.15) is 53.4 Å². The Morgan fingerprint density at radius 1 is 1.12 bits per heavy atom. The highest BCUT2D eigenvalue weighted by atomic mass is 16.7. The molecule has 0 radical (unpaired) electrons. The summed E-state index contributed by atoms with van der Waals surface area (Å²) in [4.78, 5) is 30.1. The quantitative estimate of drug-likeness (QED) is 0.414. The Bertz CT molecular complexity index is 1300. The Kier molecular flexibility index (Phi) is 6.16. The number of amides is 1. The van der Waals surface area contributed by atoms with Crippen molar-refractivity contribution in [3.63, 3.8) is 0 Å². The summed E-state index contributed by atoms with van der Waals surface area (Å²) in [5, 5.41) is 3.51. The third kappa shape index (κ3) is 4.33. The van der Waals surface area contributed by atoms with Crippen LogP contribution in [0.5, 0.6) is 11.5 Å². The van der Waals surface area contributed by atoms with Gasteiger partial charge in [0.15, 0.2) is 18.1 Å². The van der Waals surface area contributed by atoms with Gasteiger partial charge >= 0.3 is 5.97 Å². The molecule has 0 unspecified atom stereocenters. The van der Waals surface area contributed by atoms with Gasteiger partial charge in [0, 0.05) is 11.9 Å². The number of carbonyl (C=O) groups excluding carboxylic acids is 2. The number of para-hydroxylation sites is 1. The van der Waals surface area contributed by atoms with Crippen molar-refractivity contribution in [2.24, 2.45) is 0 Å². The van der Waals surface area contributed by atoms with Gasteiger partial charge in [-0.15, -0.1) is 0 Å². The zero-order chi connectivity index (χ0) is 23.5. The molecule has 0 saturated carbocycles. The van der Waals surface area contributed by atoms with Gasteiger partial charge < -0.3 is 19.5 Å². The molecule has 1 aromatic heterocycles. The summed E-state index contributed by atoms with van der Waals surface area (Å²) in [6, 6.07) is 13.4. The van der Waals surface area contributed by atoms with Gasteiger partial charge in [0.05, 0.1) is 16.8 Å².